The number of carbonyl (C=O) groups excluding carboxylic acids is 1. The minimum atomic E-state index is -4.23. The van der Waals surface area contributed by atoms with E-state index in [2.05, 4.69) is 10.0 Å². The summed E-state index contributed by atoms with van der Waals surface area (Å²) < 4.78 is 46.4. The van der Waals surface area contributed by atoms with Crippen LogP contribution in [0.5, 0.6) is 0 Å². The Morgan fingerprint density at radius 1 is 1.15 bits per heavy atom. The lowest BCUT2D eigenvalue weighted by Gasteiger charge is -2.15. The fourth-order valence-electron chi connectivity index (χ4n) is 2.21. The first kappa shape index (κ1) is 20.0. The van der Waals surface area contributed by atoms with Crippen LogP contribution in [-0.4, -0.2) is 27.5 Å². The number of esters is 1. The second kappa shape index (κ2) is 8.37. The molecule has 9 heteroatoms. The van der Waals surface area contributed by atoms with E-state index in [-0.39, 0.29) is 22.9 Å². The molecule has 0 aliphatic heterocycles. The maximum atomic E-state index is 14.0. The summed E-state index contributed by atoms with van der Waals surface area (Å²) in [6, 6.07) is 7.65. The number of ether oxygens (including phenoxy) is 1. The summed E-state index contributed by atoms with van der Waals surface area (Å²) >= 11 is 5.66. The minimum absolute atomic E-state index is 0.0825. The highest BCUT2D eigenvalue weighted by Gasteiger charge is 2.21. The van der Waals surface area contributed by atoms with Gasteiger partial charge in [-0.1, -0.05) is 11.6 Å². The summed E-state index contributed by atoms with van der Waals surface area (Å²) in [4.78, 5) is 11.3. The molecule has 0 spiro atoms. The van der Waals surface area contributed by atoms with Gasteiger partial charge in [-0.2, -0.15) is 0 Å². The van der Waals surface area contributed by atoms with Crippen molar-refractivity contribution in [1.29, 1.82) is 0 Å². The van der Waals surface area contributed by atoms with E-state index < -0.39 is 26.7 Å². The van der Waals surface area contributed by atoms with Crippen molar-refractivity contribution in [2.75, 3.05) is 23.2 Å². The van der Waals surface area contributed by atoms with Crippen LogP contribution in [-0.2, 0) is 14.8 Å². The molecule has 2 aromatic rings. The van der Waals surface area contributed by atoms with Gasteiger partial charge >= 0.3 is 5.97 Å². The average molecular weight is 401 g/mol. The van der Waals surface area contributed by atoms with Crippen LogP contribution in [0, 0.1) is 5.82 Å². The van der Waals surface area contributed by atoms with Gasteiger partial charge in [0.15, 0.2) is 0 Å². The molecule has 0 atom stereocenters. The van der Waals surface area contributed by atoms with Crippen LogP contribution in [0.3, 0.4) is 0 Å². The lowest BCUT2D eigenvalue weighted by atomic mass is 10.1. The lowest BCUT2D eigenvalue weighted by molar-refractivity contribution is 0.0526. The maximum absolute atomic E-state index is 14.0. The highest BCUT2D eigenvalue weighted by molar-refractivity contribution is 7.92. The Balaban J connectivity index is 2.44. The fraction of sp³-hybridized carbons (Fsp3) is 0.235. The Kier molecular flexibility index (Phi) is 6.44. The van der Waals surface area contributed by atoms with Crippen molar-refractivity contribution < 1.29 is 22.3 Å². The largest absolute Gasteiger partial charge is 0.462 e. The summed E-state index contributed by atoms with van der Waals surface area (Å²) in [5.74, 6) is -1.56. The van der Waals surface area contributed by atoms with Gasteiger partial charge in [-0.25, -0.2) is 17.6 Å². The number of halogens is 2. The second-order valence-electron chi connectivity index (χ2n) is 5.19. The molecule has 140 valence electrons. The molecule has 0 aliphatic carbocycles. The van der Waals surface area contributed by atoms with Gasteiger partial charge in [-0.15, -0.1) is 0 Å². The standard InChI is InChI=1S/C17H18ClFN2O4S/c1-3-20-14-7-5-11(17(22)25-4-2)9-15(14)21-26(23,24)16-8-6-12(18)10-13(16)19/h5-10,20-21H,3-4H2,1-2H3. The van der Waals surface area contributed by atoms with Gasteiger partial charge in [0.25, 0.3) is 10.0 Å². The normalized spacial score (nSPS) is 11.1. The molecule has 2 rings (SSSR count). The minimum Gasteiger partial charge on any atom is -0.462 e. The van der Waals surface area contributed by atoms with Crippen LogP contribution in [0.4, 0.5) is 15.8 Å². The van der Waals surface area contributed by atoms with Crippen LogP contribution in [0.25, 0.3) is 0 Å². The molecule has 0 aliphatic rings. The van der Waals surface area contributed by atoms with Crippen molar-refractivity contribution in [3.63, 3.8) is 0 Å². The summed E-state index contributed by atoms with van der Waals surface area (Å²) in [6.45, 7) is 4.20. The predicted molar refractivity (Wildman–Crippen MR) is 98.8 cm³/mol. The highest BCUT2D eigenvalue weighted by Crippen LogP contribution is 2.28. The molecule has 6 nitrogen and oxygen atoms in total. The molecule has 26 heavy (non-hydrogen) atoms. The number of rotatable bonds is 7. The quantitative estimate of drug-likeness (QED) is 0.689. The lowest BCUT2D eigenvalue weighted by Crippen LogP contribution is -2.17. The number of hydrogen-bond donors (Lipinski definition) is 2. The number of nitrogens with one attached hydrogen (secondary N) is 2. The number of benzene rings is 2. The van der Waals surface area contributed by atoms with E-state index in [0.717, 1.165) is 12.1 Å². The fourth-order valence-corrected chi connectivity index (χ4v) is 3.50. The van der Waals surface area contributed by atoms with Gasteiger partial charge in [-0.3, -0.25) is 4.72 Å². The van der Waals surface area contributed by atoms with Crippen LogP contribution in [0.15, 0.2) is 41.3 Å². The average Bonchev–Trinajstić information content (AvgIpc) is 2.56. The molecule has 0 amide bonds. The highest BCUT2D eigenvalue weighted by atomic mass is 35.5. The number of carbonyl (C=O) groups is 1. The Bertz CT molecular complexity index is 919. The van der Waals surface area contributed by atoms with Gasteiger partial charge in [0, 0.05) is 11.6 Å². The Morgan fingerprint density at radius 2 is 1.88 bits per heavy atom. The first-order chi connectivity index (χ1) is 12.3. The van der Waals surface area contributed by atoms with Gasteiger partial charge in [0.05, 0.1) is 23.5 Å². The van der Waals surface area contributed by atoms with Crippen molar-refractivity contribution >= 4 is 39.0 Å². The third-order valence-electron chi connectivity index (χ3n) is 3.33. The molecule has 0 bridgehead atoms. The molecule has 2 aromatic carbocycles. The first-order valence-electron chi connectivity index (χ1n) is 7.81. The van der Waals surface area contributed by atoms with Crippen LogP contribution < -0.4 is 10.0 Å². The smallest absolute Gasteiger partial charge is 0.338 e. The van der Waals surface area contributed by atoms with Crippen molar-refractivity contribution in [3.05, 3.63) is 52.8 Å². The van der Waals surface area contributed by atoms with Crippen LogP contribution >= 0.6 is 11.6 Å². The van der Waals surface area contributed by atoms with Gasteiger partial charge < -0.3 is 10.1 Å². The molecule has 0 fully saturated rings. The predicted octanol–water partition coefficient (Wildman–Crippen LogP) is 3.89. The van der Waals surface area contributed by atoms with Gasteiger partial charge in [0.2, 0.25) is 0 Å². The summed E-state index contributed by atoms with van der Waals surface area (Å²) in [6.07, 6.45) is 0. The topological polar surface area (TPSA) is 84.5 Å². The van der Waals surface area contributed by atoms with Gasteiger partial charge in [-0.05, 0) is 50.2 Å². The Labute approximate surface area is 156 Å². The van der Waals surface area contributed by atoms with Crippen LogP contribution in [0.2, 0.25) is 5.02 Å². The number of anilines is 2. The van der Waals surface area contributed by atoms with E-state index in [1.807, 2.05) is 6.92 Å². The zero-order valence-electron chi connectivity index (χ0n) is 14.2. The molecule has 0 saturated heterocycles. The van der Waals surface area contributed by atoms with E-state index in [9.17, 15) is 17.6 Å². The van der Waals surface area contributed by atoms with Crippen molar-refractivity contribution in [2.45, 2.75) is 18.7 Å². The van der Waals surface area contributed by atoms with Crippen LogP contribution in [0.1, 0.15) is 24.2 Å². The molecule has 0 radical (unpaired) electrons. The first-order valence-corrected chi connectivity index (χ1v) is 9.67. The zero-order chi connectivity index (χ0) is 19.3. The van der Waals surface area contributed by atoms with Crippen molar-refractivity contribution in [2.24, 2.45) is 0 Å². The molecule has 0 saturated carbocycles. The maximum Gasteiger partial charge on any atom is 0.338 e. The summed E-state index contributed by atoms with van der Waals surface area (Å²) in [5, 5.41) is 3.06. The van der Waals surface area contributed by atoms with Crippen molar-refractivity contribution in [1.82, 2.24) is 0 Å². The third-order valence-corrected chi connectivity index (χ3v) is 4.96. The SMILES string of the molecule is CCNc1ccc(C(=O)OCC)cc1NS(=O)(=O)c1ccc(Cl)cc1F. The van der Waals surface area contributed by atoms with E-state index >= 15 is 0 Å². The van der Waals surface area contributed by atoms with E-state index in [0.29, 0.717) is 12.2 Å². The number of sulfonamides is 1. The molecular weight excluding hydrogens is 383 g/mol. The Morgan fingerprint density at radius 3 is 2.50 bits per heavy atom. The summed E-state index contributed by atoms with van der Waals surface area (Å²) in [5.41, 5.74) is 0.716. The molecule has 0 heterocycles. The third kappa shape index (κ3) is 4.64. The van der Waals surface area contributed by atoms with Crippen molar-refractivity contribution in [3.8, 4) is 0 Å². The summed E-state index contributed by atoms with van der Waals surface area (Å²) in [7, 11) is -4.23. The monoisotopic (exact) mass is 400 g/mol. The van der Waals surface area contributed by atoms with E-state index in [4.69, 9.17) is 16.3 Å². The second-order valence-corrected chi connectivity index (χ2v) is 7.28. The molecular formula is C17H18ClFN2O4S. The molecule has 0 aromatic heterocycles. The number of hydrogen-bond acceptors (Lipinski definition) is 5. The van der Waals surface area contributed by atoms with E-state index in [1.165, 1.54) is 18.2 Å². The molecule has 0 unspecified atom stereocenters. The molecule has 2 N–H and O–H groups in total. The van der Waals surface area contributed by atoms with Gasteiger partial charge in [0.1, 0.15) is 10.7 Å². The zero-order valence-corrected chi connectivity index (χ0v) is 15.7. The van der Waals surface area contributed by atoms with E-state index in [1.54, 1.807) is 13.0 Å². The Hall–Kier alpha value is -2.32.